The summed E-state index contributed by atoms with van der Waals surface area (Å²) in [5.74, 6) is -0.548. The normalized spacial score (nSPS) is 11.6. The summed E-state index contributed by atoms with van der Waals surface area (Å²) in [7, 11) is 0. The third kappa shape index (κ3) is 1.47. The topological polar surface area (TPSA) is 69.1 Å². The Labute approximate surface area is 70.7 Å². The Morgan fingerprint density at radius 3 is 2.50 bits per heavy atom. The van der Waals surface area contributed by atoms with E-state index in [9.17, 15) is 4.79 Å². The highest BCUT2D eigenvalue weighted by molar-refractivity contribution is 5.92. The Morgan fingerprint density at radius 2 is 2.17 bits per heavy atom. The maximum Gasteiger partial charge on any atom is 0.271 e. The lowest BCUT2D eigenvalue weighted by atomic mass is 9.87. The standard InChI is InChI=1S/C8H12N2O2/c1-8(2,3)5-4-12-10-6(5)7(9)11/h4H,1-3H3,(H2,9,11). The van der Waals surface area contributed by atoms with Crippen molar-refractivity contribution in [1.29, 1.82) is 0 Å². The molecule has 0 aliphatic heterocycles. The van der Waals surface area contributed by atoms with Gasteiger partial charge in [-0.2, -0.15) is 0 Å². The van der Waals surface area contributed by atoms with Crippen LogP contribution in [0.15, 0.2) is 10.8 Å². The fourth-order valence-electron chi connectivity index (χ4n) is 0.946. The van der Waals surface area contributed by atoms with Gasteiger partial charge in [-0.3, -0.25) is 4.79 Å². The molecule has 4 nitrogen and oxygen atoms in total. The molecule has 2 N–H and O–H groups in total. The highest BCUT2D eigenvalue weighted by atomic mass is 16.5. The molecule has 1 amide bonds. The Kier molecular flexibility index (Phi) is 1.92. The lowest BCUT2D eigenvalue weighted by Gasteiger charge is -2.15. The van der Waals surface area contributed by atoms with Crippen LogP contribution in [0.1, 0.15) is 36.8 Å². The molecule has 4 heteroatoms. The largest absolute Gasteiger partial charge is 0.364 e. The average molecular weight is 168 g/mol. The van der Waals surface area contributed by atoms with Gasteiger partial charge in [0.15, 0.2) is 5.69 Å². The summed E-state index contributed by atoms with van der Waals surface area (Å²) in [6.07, 6.45) is 1.46. The van der Waals surface area contributed by atoms with E-state index in [0.717, 1.165) is 5.56 Å². The predicted molar refractivity (Wildman–Crippen MR) is 43.7 cm³/mol. The van der Waals surface area contributed by atoms with Crippen molar-refractivity contribution in [2.45, 2.75) is 26.2 Å². The van der Waals surface area contributed by atoms with Crippen molar-refractivity contribution in [3.63, 3.8) is 0 Å². The second-order valence-electron chi connectivity index (χ2n) is 3.69. The van der Waals surface area contributed by atoms with E-state index in [1.807, 2.05) is 20.8 Å². The third-order valence-electron chi connectivity index (χ3n) is 1.61. The van der Waals surface area contributed by atoms with Gasteiger partial charge in [0.25, 0.3) is 5.91 Å². The minimum atomic E-state index is -0.548. The number of nitrogens with zero attached hydrogens (tertiary/aromatic N) is 1. The van der Waals surface area contributed by atoms with Gasteiger partial charge in [0.1, 0.15) is 6.26 Å². The summed E-state index contributed by atoms with van der Waals surface area (Å²) < 4.78 is 4.68. The SMILES string of the molecule is CC(C)(C)c1conc1C(N)=O. The average Bonchev–Trinajstić information content (AvgIpc) is 2.30. The number of nitrogens with two attached hydrogens (primary N) is 1. The smallest absolute Gasteiger partial charge is 0.271 e. The lowest BCUT2D eigenvalue weighted by Crippen LogP contribution is -2.20. The van der Waals surface area contributed by atoms with Crippen molar-refractivity contribution in [3.8, 4) is 0 Å². The summed E-state index contributed by atoms with van der Waals surface area (Å²) >= 11 is 0. The fraction of sp³-hybridized carbons (Fsp3) is 0.500. The van der Waals surface area contributed by atoms with Crippen molar-refractivity contribution in [2.24, 2.45) is 5.73 Å². The van der Waals surface area contributed by atoms with Crippen LogP contribution in [-0.4, -0.2) is 11.1 Å². The van der Waals surface area contributed by atoms with Crippen molar-refractivity contribution in [2.75, 3.05) is 0 Å². The molecule has 0 unspecified atom stereocenters. The number of aromatic nitrogens is 1. The van der Waals surface area contributed by atoms with Crippen LogP contribution >= 0.6 is 0 Å². The molecule has 1 aromatic heterocycles. The predicted octanol–water partition coefficient (Wildman–Crippen LogP) is 1.07. The first-order valence-electron chi connectivity index (χ1n) is 3.67. The zero-order valence-corrected chi connectivity index (χ0v) is 7.42. The highest BCUT2D eigenvalue weighted by Crippen LogP contribution is 2.24. The number of carbonyl (C=O) groups is 1. The summed E-state index contributed by atoms with van der Waals surface area (Å²) in [4.78, 5) is 10.8. The summed E-state index contributed by atoms with van der Waals surface area (Å²) in [5, 5.41) is 3.53. The van der Waals surface area contributed by atoms with E-state index in [2.05, 4.69) is 9.68 Å². The second kappa shape index (κ2) is 2.62. The number of hydrogen-bond acceptors (Lipinski definition) is 3. The second-order valence-corrected chi connectivity index (χ2v) is 3.69. The molecule has 0 fully saturated rings. The molecule has 0 aromatic carbocycles. The molecule has 0 aliphatic carbocycles. The number of primary amides is 1. The Balaban J connectivity index is 3.17. The van der Waals surface area contributed by atoms with Gasteiger partial charge in [-0.25, -0.2) is 0 Å². The Morgan fingerprint density at radius 1 is 1.58 bits per heavy atom. The van der Waals surface area contributed by atoms with Crippen LogP contribution in [0.2, 0.25) is 0 Å². The molecule has 66 valence electrons. The van der Waals surface area contributed by atoms with Crippen LogP contribution < -0.4 is 5.73 Å². The molecule has 0 atom stereocenters. The number of carbonyl (C=O) groups excluding carboxylic acids is 1. The minimum Gasteiger partial charge on any atom is -0.364 e. The molecular formula is C8H12N2O2. The highest BCUT2D eigenvalue weighted by Gasteiger charge is 2.24. The third-order valence-corrected chi connectivity index (χ3v) is 1.61. The van der Waals surface area contributed by atoms with Crippen LogP contribution in [0.5, 0.6) is 0 Å². The molecule has 0 saturated carbocycles. The van der Waals surface area contributed by atoms with Crippen LogP contribution in [0.4, 0.5) is 0 Å². The van der Waals surface area contributed by atoms with E-state index in [4.69, 9.17) is 5.73 Å². The fourth-order valence-corrected chi connectivity index (χ4v) is 0.946. The molecule has 0 bridgehead atoms. The minimum absolute atomic E-state index is 0.162. The van der Waals surface area contributed by atoms with Crippen LogP contribution in [0.25, 0.3) is 0 Å². The zero-order chi connectivity index (χ0) is 9.35. The van der Waals surface area contributed by atoms with Gasteiger partial charge in [-0.1, -0.05) is 25.9 Å². The maximum atomic E-state index is 10.8. The molecule has 1 rings (SSSR count). The van der Waals surface area contributed by atoms with Gasteiger partial charge in [0.2, 0.25) is 0 Å². The zero-order valence-electron chi connectivity index (χ0n) is 7.42. The van der Waals surface area contributed by atoms with E-state index in [1.54, 1.807) is 0 Å². The summed E-state index contributed by atoms with van der Waals surface area (Å²) in [6, 6.07) is 0. The number of amides is 1. The quantitative estimate of drug-likeness (QED) is 0.681. The van der Waals surface area contributed by atoms with E-state index in [0.29, 0.717) is 0 Å². The molecule has 1 heterocycles. The Bertz CT molecular complexity index is 296. The molecule has 0 saturated heterocycles. The van der Waals surface area contributed by atoms with Gasteiger partial charge in [-0.05, 0) is 5.41 Å². The Hall–Kier alpha value is -1.32. The van der Waals surface area contributed by atoms with Gasteiger partial charge < -0.3 is 10.3 Å². The van der Waals surface area contributed by atoms with Gasteiger partial charge >= 0.3 is 0 Å². The lowest BCUT2D eigenvalue weighted by molar-refractivity contribution is 0.0990. The van der Waals surface area contributed by atoms with Crippen molar-refractivity contribution < 1.29 is 9.32 Å². The molecule has 0 aliphatic rings. The molecule has 0 radical (unpaired) electrons. The number of rotatable bonds is 1. The van der Waals surface area contributed by atoms with Gasteiger partial charge in [0.05, 0.1) is 0 Å². The molecule has 1 aromatic rings. The summed E-state index contributed by atoms with van der Waals surface area (Å²) in [5.41, 5.74) is 5.90. The van der Waals surface area contributed by atoms with E-state index in [1.165, 1.54) is 6.26 Å². The van der Waals surface area contributed by atoms with Crippen LogP contribution in [0, 0.1) is 0 Å². The maximum absolute atomic E-state index is 10.8. The van der Waals surface area contributed by atoms with Crippen molar-refractivity contribution >= 4 is 5.91 Å². The van der Waals surface area contributed by atoms with Crippen molar-refractivity contribution in [1.82, 2.24) is 5.16 Å². The van der Waals surface area contributed by atoms with E-state index >= 15 is 0 Å². The van der Waals surface area contributed by atoms with Crippen molar-refractivity contribution in [3.05, 3.63) is 17.5 Å². The first-order chi connectivity index (χ1) is 5.43. The molecular weight excluding hydrogens is 156 g/mol. The van der Waals surface area contributed by atoms with E-state index < -0.39 is 5.91 Å². The monoisotopic (exact) mass is 168 g/mol. The number of hydrogen-bond donors (Lipinski definition) is 1. The van der Waals surface area contributed by atoms with E-state index in [-0.39, 0.29) is 11.1 Å². The first-order valence-corrected chi connectivity index (χ1v) is 3.67. The van der Waals surface area contributed by atoms with Gasteiger partial charge in [-0.15, -0.1) is 0 Å². The van der Waals surface area contributed by atoms with Crippen LogP contribution in [-0.2, 0) is 5.41 Å². The van der Waals surface area contributed by atoms with Gasteiger partial charge in [0, 0.05) is 5.56 Å². The summed E-state index contributed by atoms with van der Waals surface area (Å²) in [6.45, 7) is 5.89. The molecule has 0 spiro atoms. The van der Waals surface area contributed by atoms with Crippen LogP contribution in [0.3, 0.4) is 0 Å². The first kappa shape index (κ1) is 8.77. The molecule has 12 heavy (non-hydrogen) atoms.